The third-order valence-electron chi connectivity index (χ3n) is 3.76. The summed E-state index contributed by atoms with van der Waals surface area (Å²) < 4.78 is 1.41. The summed E-state index contributed by atoms with van der Waals surface area (Å²) in [5.74, 6) is 0. The molecule has 0 saturated carbocycles. The van der Waals surface area contributed by atoms with Crippen molar-refractivity contribution in [2.45, 2.75) is 13.3 Å². The van der Waals surface area contributed by atoms with Gasteiger partial charge in [-0.1, -0.05) is 48.0 Å². The van der Waals surface area contributed by atoms with Crippen molar-refractivity contribution in [2.24, 2.45) is 0 Å². The molecule has 0 bridgehead atoms. The maximum atomic E-state index is 2.34. The van der Waals surface area contributed by atoms with Crippen molar-refractivity contribution in [3.8, 4) is 11.1 Å². The van der Waals surface area contributed by atoms with Gasteiger partial charge in [-0.05, 0) is 42.2 Å². The van der Waals surface area contributed by atoms with Gasteiger partial charge in [0.1, 0.15) is 0 Å². The molecule has 1 heteroatoms. The van der Waals surface area contributed by atoms with Crippen molar-refractivity contribution in [1.82, 2.24) is 0 Å². The lowest BCUT2D eigenvalue weighted by atomic mass is 9.98. The Hall–Kier alpha value is -1.86. The van der Waals surface area contributed by atoms with Crippen molar-refractivity contribution < 1.29 is 0 Å². The van der Waals surface area contributed by atoms with Crippen molar-refractivity contribution in [1.29, 1.82) is 0 Å². The third kappa shape index (κ3) is 1.66. The fourth-order valence-electron chi connectivity index (χ4n) is 2.93. The van der Waals surface area contributed by atoms with Crippen LogP contribution in [0.15, 0.2) is 54.1 Å². The fourth-order valence-corrected chi connectivity index (χ4v) is 4.21. The molecule has 0 atom stereocenters. The van der Waals surface area contributed by atoms with E-state index in [2.05, 4.69) is 61.5 Å². The van der Waals surface area contributed by atoms with Gasteiger partial charge < -0.3 is 0 Å². The summed E-state index contributed by atoms with van der Waals surface area (Å²) in [7, 11) is 0. The summed E-state index contributed by atoms with van der Waals surface area (Å²) in [6.07, 6.45) is 3.45. The Morgan fingerprint density at radius 1 is 0.947 bits per heavy atom. The Balaban J connectivity index is 2.04. The van der Waals surface area contributed by atoms with E-state index in [1.54, 1.807) is 0 Å². The van der Waals surface area contributed by atoms with Gasteiger partial charge in [0.15, 0.2) is 0 Å². The molecule has 4 rings (SSSR count). The summed E-state index contributed by atoms with van der Waals surface area (Å²) in [5.41, 5.74) is 5.69. The highest BCUT2D eigenvalue weighted by molar-refractivity contribution is 7.20. The second-order valence-electron chi connectivity index (χ2n) is 5.16. The summed E-state index contributed by atoms with van der Waals surface area (Å²) in [6.45, 7) is 2.23. The SMILES string of the molecule is CC1=Cc2sc3cccc(-c4ccccc4)c3c2C1. The number of thiophene rings is 1. The Labute approximate surface area is 117 Å². The topological polar surface area (TPSA) is 0 Å². The van der Waals surface area contributed by atoms with Crippen molar-refractivity contribution in [3.05, 3.63) is 64.5 Å². The van der Waals surface area contributed by atoms with Crippen LogP contribution < -0.4 is 0 Å². The summed E-state index contributed by atoms with van der Waals surface area (Å²) >= 11 is 1.92. The molecule has 3 aromatic rings. The molecule has 92 valence electrons. The van der Waals surface area contributed by atoms with E-state index in [9.17, 15) is 0 Å². The van der Waals surface area contributed by atoms with Crippen LogP contribution in [0.3, 0.4) is 0 Å². The molecule has 1 aliphatic rings. The zero-order valence-electron chi connectivity index (χ0n) is 10.8. The predicted molar refractivity (Wildman–Crippen MR) is 84.6 cm³/mol. The van der Waals surface area contributed by atoms with Crippen LogP contribution in [0.2, 0.25) is 0 Å². The maximum Gasteiger partial charge on any atom is 0.0358 e. The Bertz CT molecular complexity index is 791. The van der Waals surface area contributed by atoms with Gasteiger partial charge in [0, 0.05) is 15.0 Å². The first kappa shape index (κ1) is 11.0. The van der Waals surface area contributed by atoms with Crippen molar-refractivity contribution in [3.63, 3.8) is 0 Å². The van der Waals surface area contributed by atoms with E-state index in [0.717, 1.165) is 6.42 Å². The number of hydrogen-bond acceptors (Lipinski definition) is 1. The highest BCUT2D eigenvalue weighted by Gasteiger charge is 2.18. The molecule has 0 spiro atoms. The van der Waals surface area contributed by atoms with E-state index in [4.69, 9.17) is 0 Å². The molecule has 0 radical (unpaired) electrons. The van der Waals surface area contributed by atoms with Crippen LogP contribution >= 0.6 is 11.3 Å². The molecule has 0 N–H and O–H groups in total. The molecule has 1 aliphatic carbocycles. The summed E-state index contributed by atoms with van der Waals surface area (Å²) in [6, 6.07) is 17.4. The molecule has 0 unspecified atom stereocenters. The van der Waals surface area contributed by atoms with Crippen molar-refractivity contribution >= 4 is 27.5 Å². The van der Waals surface area contributed by atoms with Crippen LogP contribution in [0.25, 0.3) is 27.3 Å². The first-order valence-electron chi connectivity index (χ1n) is 6.60. The zero-order valence-corrected chi connectivity index (χ0v) is 11.6. The van der Waals surface area contributed by atoms with Crippen LogP contribution in [-0.4, -0.2) is 0 Å². The highest BCUT2D eigenvalue weighted by Crippen LogP contribution is 2.42. The largest absolute Gasteiger partial charge is 0.136 e. The lowest BCUT2D eigenvalue weighted by molar-refractivity contribution is 1.22. The summed E-state index contributed by atoms with van der Waals surface area (Å²) in [5, 5.41) is 1.46. The number of benzene rings is 2. The molecule has 0 saturated heterocycles. The van der Waals surface area contributed by atoms with Crippen LogP contribution in [0, 0.1) is 0 Å². The highest BCUT2D eigenvalue weighted by atomic mass is 32.1. The molecule has 0 amide bonds. The van der Waals surface area contributed by atoms with Gasteiger partial charge in [-0.25, -0.2) is 0 Å². The van der Waals surface area contributed by atoms with Crippen LogP contribution in [-0.2, 0) is 6.42 Å². The monoisotopic (exact) mass is 262 g/mol. The Morgan fingerprint density at radius 2 is 1.79 bits per heavy atom. The smallest absolute Gasteiger partial charge is 0.0358 e. The van der Waals surface area contributed by atoms with E-state index in [1.807, 2.05) is 11.3 Å². The first-order chi connectivity index (χ1) is 9.33. The normalized spacial score (nSPS) is 13.6. The van der Waals surface area contributed by atoms with Gasteiger partial charge in [0.25, 0.3) is 0 Å². The average Bonchev–Trinajstić information content (AvgIpc) is 2.95. The standard InChI is InChI=1S/C18H14S/c1-12-10-15-17(11-12)19-16-9-5-8-14(18(15)16)13-6-3-2-4-7-13/h2-9,11H,10H2,1H3. The fraction of sp³-hybridized carbons (Fsp3) is 0.111. The van der Waals surface area contributed by atoms with E-state index >= 15 is 0 Å². The molecule has 0 nitrogen and oxygen atoms in total. The Kier molecular flexibility index (Phi) is 2.36. The predicted octanol–water partition coefficient (Wildman–Crippen LogP) is 5.53. The van der Waals surface area contributed by atoms with Crippen LogP contribution in [0.5, 0.6) is 0 Å². The minimum Gasteiger partial charge on any atom is -0.136 e. The lowest BCUT2D eigenvalue weighted by Crippen LogP contribution is -1.84. The van der Waals surface area contributed by atoms with Gasteiger partial charge >= 0.3 is 0 Å². The molecule has 2 aromatic carbocycles. The minimum absolute atomic E-state index is 1.11. The molecule has 0 fully saturated rings. The lowest BCUT2D eigenvalue weighted by Gasteiger charge is -2.06. The van der Waals surface area contributed by atoms with E-state index in [-0.39, 0.29) is 0 Å². The van der Waals surface area contributed by atoms with Gasteiger partial charge in [-0.15, -0.1) is 11.3 Å². The second kappa shape index (κ2) is 4.07. The van der Waals surface area contributed by atoms with Crippen LogP contribution in [0.4, 0.5) is 0 Å². The third-order valence-corrected chi connectivity index (χ3v) is 4.91. The zero-order chi connectivity index (χ0) is 12.8. The number of fused-ring (bicyclic) bond motifs is 3. The summed E-state index contributed by atoms with van der Waals surface area (Å²) in [4.78, 5) is 1.45. The quantitative estimate of drug-likeness (QED) is 0.541. The molecule has 19 heavy (non-hydrogen) atoms. The van der Waals surface area contributed by atoms with E-state index < -0.39 is 0 Å². The first-order valence-corrected chi connectivity index (χ1v) is 7.41. The van der Waals surface area contributed by atoms with Gasteiger partial charge in [0.05, 0.1) is 0 Å². The van der Waals surface area contributed by atoms with Crippen LogP contribution in [0.1, 0.15) is 17.4 Å². The van der Waals surface area contributed by atoms with Gasteiger partial charge in [0.2, 0.25) is 0 Å². The second-order valence-corrected chi connectivity index (χ2v) is 6.24. The Morgan fingerprint density at radius 3 is 2.63 bits per heavy atom. The molecule has 1 aromatic heterocycles. The number of allylic oxidation sites excluding steroid dienone is 1. The molecular weight excluding hydrogens is 248 g/mol. The average molecular weight is 262 g/mol. The molecule has 1 heterocycles. The van der Waals surface area contributed by atoms with Crippen molar-refractivity contribution in [2.75, 3.05) is 0 Å². The minimum atomic E-state index is 1.11. The number of rotatable bonds is 1. The van der Waals surface area contributed by atoms with E-state index in [1.165, 1.54) is 37.2 Å². The van der Waals surface area contributed by atoms with Gasteiger partial charge in [-0.3, -0.25) is 0 Å². The molecule has 0 aliphatic heterocycles. The molecular formula is C18H14S. The van der Waals surface area contributed by atoms with E-state index in [0.29, 0.717) is 0 Å². The van der Waals surface area contributed by atoms with Gasteiger partial charge in [-0.2, -0.15) is 0 Å². The number of hydrogen-bond donors (Lipinski definition) is 0. The maximum absolute atomic E-state index is 2.34.